The fourth-order valence-corrected chi connectivity index (χ4v) is 1.81. The Morgan fingerprint density at radius 1 is 1.38 bits per heavy atom. The summed E-state index contributed by atoms with van der Waals surface area (Å²) >= 11 is 0. The number of aryl methyl sites for hydroxylation is 1. The summed E-state index contributed by atoms with van der Waals surface area (Å²) < 4.78 is 15.5. The predicted octanol–water partition coefficient (Wildman–Crippen LogP) is 1.51. The number of hydrogen-bond acceptors (Lipinski definition) is 6. The molecule has 0 radical (unpaired) electrons. The van der Waals surface area contributed by atoms with E-state index >= 15 is 0 Å². The molecule has 0 aliphatic heterocycles. The van der Waals surface area contributed by atoms with Crippen LogP contribution in [-0.2, 0) is 6.54 Å². The van der Waals surface area contributed by atoms with E-state index in [9.17, 15) is 4.79 Å². The van der Waals surface area contributed by atoms with Crippen molar-refractivity contribution in [2.45, 2.75) is 13.5 Å². The second-order valence-electron chi connectivity index (χ2n) is 4.34. The standard InChI is InChI=1S/C14H17N3O4/c1-8-6-16-12(21-8)7-17-14(18)10-4-9(19-2)5-11(20-3)13(10)15/h4-6H,7,15H2,1-3H3,(H,17,18). The van der Waals surface area contributed by atoms with Gasteiger partial charge in [-0.1, -0.05) is 0 Å². The molecule has 7 heteroatoms. The predicted molar refractivity (Wildman–Crippen MR) is 76.4 cm³/mol. The Hall–Kier alpha value is -2.70. The maximum Gasteiger partial charge on any atom is 0.254 e. The van der Waals surface area contributed by atoms with Crippen molar-refractivity contribution >= 4 is 11.6 Å². The van der Waals surface area contributed by atoms with Gasteiger partial charge in [-0.3, -0.25) is 4.79 Å². The summed E-state index contributed by atoms with van der Waals surface area (Å²) in [5, 5.41) is 2.69. The van der Waals surface area contributed by atoms with Crippen LogP contribution >= 0.6 is 0 Å². The number of nitrogen functional groups attached to an aromatic ring is 1. The molecule has 0 unspecified atom stereocenters. The zero-order chi connectivity index (χ0) is 15.4. The second-order valence-corrected chi connectivity index (χ2v) is 4.34. The Kier molecular flexibility index (Phi) is 4.32. The van der Waals surface area contributed by atoms with Gasteiger partial charge >= 0.3 is 0 Å². The van der Waals surface area contributed by atoms with Gasteiger partial charge in [0.2, 0.25) is 5.89 Å². The van der Waals surface area contributed by atoms with E-state index < -0.39 is 0 Å². The summed E-state index contributed by atoms with van der Waals surface area (Å²) in [6.07, 6.45) is 1.59. The van der Waals surface area contributed by atoms with Crippen molar-refractivity contribution in [2.75, 3.05) is 20.0 Å². The molecule has 0 aliphatic rings. The number of oxazole rings is 1. The van der Waals surface area contributed by atoms with E-state index in [0.717, 1.165) is 0 Å². The molecule has 112 valence electrons. The lowest BCUT2D eigenvalue weighted by Gasteiger charge is -2.12. The first-order valence-electron chi connectivity index (χ1n) is 6.26. The van der Waals surface area contributed by atoms with E-state index in [1.54, 1.807) is 25.3 Å². The summed E-state index contributed by atoms with van der Waals surface area (Å²) in [6, 6.07) is 3.16. The van der Waals surface area contributed by atoms with Crippen molar-refractivity contribution < 1.29 is 18.7 Å². The first kappa shape index (κ1) is 14.7. The number of methoxy groups -OCH3 is 2. The molecule has 0 saturated heterocycles. The highest BCUT2D eigenvalue weighted by molar-refractivity contribution is 6.00. The van der Waals surface area contributed by atoms with Crippen molar-refractivity contribution in [3.05, 3.63) is 35.5 Å². The van der Waals surface area contributed by atoms with Crippen LogP contribution in [-0.4, -0.2) is 25.1 Å². The van der Waals surface area contributed by atoms with Crippen LogP contribution in [0.1, 0.15) is 22.0 Å². The fourth-order valence-electron chi connectivity index (χ4n) is 1.81. The molecule has 2 rings (SSSR count). The Labute approximate surface area is 122 Å². The highest BCUT2D eigenvalue weighted by Crippen LogP contribution is 2.30. The Balaban J connectivity index is 2.18. The Morgan fingerprint density at radius 2 is 2.14 bits per heavy atom. The van der Waals surface area contributed by atoms with Crippen molar-refractivity contribution in [3.8, 4) is 11.5 Å². The van der Waals surface area contributed by atoms with E-state index in [1.807, 2.05) is 0 Å². The molecule has 0 saturated carbocycles. The number of carbonyl (C=O) groups excluding carboxylic acids is 1. The van der Waals surface area contributed by atoms with Crippen molar-refractivity contribution in [2.24, 2.45) is 0 Å². The number of amides is 1. The molecule has 1 aromatic heterocycles. The molecule has 3 N–H and O–H groups in total. The van der Waals surface area contributed by atoms with Crippen LogP contribution in [0.5, 0.6) is 11.5 Å². The quantitative estimate of drug-likeness (QED) is 0.810. The molecule has 1 amide bonds. The minimum atomic E-state index is -0.361. The Bertz CT molecular complexity index is 652. The average molecular weight is 291 g/mol. The number of carbonyl (C=O) groups is 1. The monoisotopic (exact) mass is 291 g/mol. The molecule has 0 aliphatic carbocycles. The van der Waals surface area contributed by atoms with Gasteiger partial charge in [0.05, 0.1) is 38.2 Å². The van der Waals surface area contributed by atoms with E-state index in [-0.39, 0.29) is 23.7 Å². The van der Waals surface area contributed by atoms with Crippen LogP contribution in [0, 0.1) is 6.92 Å². The molecule has 0 spiro atoms. The largest absolute Gasteiger partial charge is 0.497 e. The molecule has 1 heterocycles. The van der Waals surface area contributed by atoms with Gasteiger partial charge in [0, 0.05) is 6.07 Å². The maximum absolute atomic E-state index is 12.2. The summed E-state index contributed by atoms with van der Waals surface area (Å²) in [5.41, 5.74) is 6.43. The molecular weight excluding hydrogens is 274 g/mol. The number of rotatable bonds is 5. The van der Waals surface area contributed by atoms with Crippen LogP contribution in [0.15, 0.2) is 22.7 Å². The topological polar surface area (TPSA) is 99.6 Å². The number of benzene rings is 1. The lowest BCUT2D eigenvalue weighted by Crippen LogP contribution is -2.24. The zero-order valence-electron chi connectivity index (χ0n) is 12.1. The van der Waals surface area contributed by atoms with Crippen LogP contribution in [0.4, 0.5) is 5.69 Å². The highest BCUT2D eigenvalue weighted by atomic mass is 16.5. The smallest absolute Gasteiger partial charge is 0.254 e. The number of ether oxygens (including phenoxy) is 2. The van der Waals surface area contributed by atoms with Crippen molar-refractivity contribution in [1.82, 2.24) is 10.3 Å². The van der Waals surface area contributed by atoms with Crippen LogP contribution in [0.2, 0.25) is 0 Å². The molecule has 2 aromatic rings. The Morgan fingerprint density at radius 3 is 2.71 bits per heavy atom. The van der Waals surface area contributed by atoms with Crippen molar-refractivity contribution in [3.63, 3.8) is 0 Å². The summed E-state index contributed by atoms with van der Waals surface area (Å²) in [6.45, 7) is 1.95. The molecule has 1 aromatic carbocycles. The van der Waals surface area contributed by atoms with Gasteiger partial charge in [-0.2, -0.15) is 0 Å². The number of nitrogens with zero attached hydrogens (tertiary/aromatic N) is 1. The average Bonchev–Trinajstić information content (AvgIpc) is 2.90. The number of nitrogens with two attached hydrogens (primary N) is 1. The SMILES string of the molecule is COc1cc(OC)c(N)c(C(=O)NCc2ncc(C)o2)c1. The lowest BCUT2D eigenvalue weighted by molar-refractivity contribution is 0.0947. The van der Waals surface area contributed by atoms with E-state index in [0.29, 0.717) is 23.1 Å². The van der Waals surface area contributed by atoms with Gasteiger partial charge in [-0.25, -0.2) is 4.98 Å². The number of hydrogen-bond donors (Lipinski definition) is 2. The van der Waals surface area contributed by atoms with Gasteiger partial charge in [0.1, 0.15) is 17.3 Å². The van der Waals surface area contributed by atoms with Gasteiger partial charge < -0.3 is 24.9 Å². The fraction of sp³-hybridized carbons (Fsp3) is 0.286. The second kappa shape index (κ2) is 6.17. The van der Waals surface area contributed by atoms with Crippen molar-refractivity contribution in [1.29, 1.82) is 0 Å². The third kappa shape index (κ3) is 3.25. The highest BCUT2D eigenvalue weighted by Gasteiger charge is 2.16. The van der Waals surface area contributed by atoms with Crippen LogP contribution < -0.4 is 20.5 Å². The molecule has 0 bridgehead atoms. The van der Waals surface area contributed by atoms with E-state index in [2.05, 4.69) is 10.3 Å². The normalized spacial score (nSPS) is 10.2. The van der Waals surface area contributed by atoms with E-state index in [4.69, 9.17) is 19.6 Å². The zero-order valence-corrected chi connectivity index (χ0v) is 12.1. The number of anilines is 1. The van der Waals surface area contributed by atoms with Gasteiger partial charge in [-0.05, 0) is 13.0 Å². The van der Waals surface area contributed by atoms with Crippen LogP contribution in [0.25, 0.3) is 0 Å². The summed E-state index contributed by atoms with van der Waals surface area (Å²) in [5.74, 6) is 1.61. The first-order chi connectivity index (χ1) is 10.0. The third-order valence-electron chi connectivity index (χ3n) is 2.89. The molecular formula is C14H17N3O4. The maximum atomic E-state index is 12.2. The minimum absolute atomic E-state index is 0.172. The summed E-state index contributed by atoms with van der Waals surface area (Å²) in [4.78, 5) is 16.2. The molecule has 21 heavy (non-hydrogen) atoms. The molecule has 0 fully saturated rings. The van der Waals surface area contributed by atoms with Gasteiger partial charge in [-0.15, -0.1) is 0 Å². The van der Waals surface area contributed by atoms with Gasteiger partial charge in [0.15, 0.2) is 0 Å². The lowest BCUT2D eigenvalue weighted by atomic mass is 10.1. The van der Waals surface area contributed by atoms with Crippen LogP contribution in [0.3, 0.4) is 0 Å². The summed E-state index contributed by atoms with van der Waals surface area (Å²) in [7, 11) is 2.98. The molecule has 7 nitrogen and oxygen atoms in total. The number of aromatic nitrogens is 1. The third-order valence-corrected chi connectivity index (χ3v) is 2.89. The van der Waals surface area contributed by atoms with E-state index in [1.165, 1.54) is 14.2 Å². The first-order valence-corrected chi connectivity index (χ1v) is 6.26. The van der Waals surface area contributed by atoms with Gasteiger partial charge in [0.25, 0.3) is 5.91 Å². The molecule has 0 atom stereocenters. The minimum Gasteiger partial charge on any atom is -0.497 e. The number of nitrogens with one attached hydrogen (secondary N) is 1.